The van der Waals surface area contributed by atoms with Crippen LogP contribution in [-0.2, 0) is 20.4 Å². The molecule has 0 aromatic heterocycles. The van der Waals surface area contributed by atoms with E-state index in [-0.39, 0.29) is 24.7 Å². The van der Waals surface area contributed by atoms with Crippen molar-refractivity contribution in [2.45, 2.75) is 19.4 Å². The maximum absolute atomic E-state index is 12.0. The van der Waals surface area contributed by atoms with Crippen molar-refractivity contribution in [2.75, 3.05) is 18.8 Å². The molecule has 1 rings (SSSR count). The fourth-order valence-corrected chi connectivity index (χ4v) is 2.20. The fourth-order valence-electron chi connectivity index (χ4n) is 1.58. The number of rotatable bonds is 7. The van der Waals surface area contributed by atoms with E-state index >= 15 is 0 Å². The number of hydrogen-bond acceptors (Lipinski definition) is 4. The van der Waals surface area contributed by atoms with Gasteiger partial charge in [0.05, 0.1) is 5.75 Å². The molecule has 0 fully saturated rings. The number of carbonyl (C=O) groups is 1. The van der Waals surface area contributed by atoms with Gasteiger partial charge in [-0.05, 0) is 19.4 Å². The van der Waals surface area contributed by atoms with Crippen LogP contribution in [0.3, 0.4) is 0 Å². The van der Waals surface area contributed by atoms with Crippen LogP contribution in [0, 0.1) is 0 Å². The number of nitrogens with one attached hydrogen (secondary N) is 2. The van der Waals surface area contributed by atoms with E-state index in [1.165, 1.54) is 0 Å². The van der Waals surface area contributed by atoms with Gasteiger partial charge in [-0.2, -0.15) is 0 Å². The normalized spacial score (nSPS) is 14.6. The molecule has 4 N–H and O–H groups in total. The van der Waals surface area contributed by atoms with E-state index in [1.807, 2.05) is 18.2 Å². The number of benzene rings is 1. The molecule has 0 aliphatic carbocycles. The first-order valence-electron chi connectivity index (χ1n) is 6.39. The van der Waals surface area contributed by atoms with Gasteiger partial charge in [0.1, 0.15) is 5.54 Å². The molecule has 112 valence electrons. The van der Waals surface area contributed by atoms with Crippen molar-refractivity contribution in [3.05, 3.63) is 35.9 Å². The van der Waals surface area contributed by atoms with Crippen LogP contribution in [0.25, 0.3) is 0 Å². The van der Waals surface area contributed by atoms with Crippen LogP contribution in [-0.4, -0.2) is 33.2 Å². The summed E-state index contributed by atoms with van der Waals surface area (Å²) in [6, 6.07) is 9.02. The molecule has 0 saturated heterocycles. The fraction of sp³-hybridized carbons (Fsp3) is 0.462. The summed E-state index contributed by atoms with van der Waals surface area (Å²) in [7, 11) is -3.24. The summed E-state index contributed by atoms with van der Waals surface area (Å²) in [5.41, 5.74) is 5.58. The Morgan fingerprint density at radius 2 is 1.85 bits per heavy atom. The average molecular weight is 299 g/mol. The lowest BCUT2D eigenvalue weighted by Gasteiger charge is -2.24. The third-order valence-electron chi connectivity index (χ3n) is 2.96. The molecular weight excluding hydrogens is 278 g/mol. The van der Waals surface area contributed by atoms with E-state index in [9.17, 15) is 13.2 Å². The van der Waals surface area contributed by atoms with Crippen molar-refractivity contribution in [1.82, 2.24) is 10.0 Å². The molecule has 0 saturated carbocycles. The average Bonchev–Trinajstić information content (AvgIpc) is 2.44. The van der Waals surface area contributed by atoms with Crippen molar-refractivity contribution >= 4 is 15.9 Å². The van der Waals surface area contributed by atoms with Gasteiger partial charge in [-0.25, -0.2) is 13.1 Å². The zero-order chi connectivity index (χ0) is 15.2. The van der Waals surface area contributed by atoms with Crippen LogP contribution in [0.1, 0.15) is 19.4 Å². The van der Waals surface area contributed by atoms with Crippen molar-refractivity contribution in [1.29, 1.82) is 0 Å². The maximum atomic E-state index is 12.0. The standard InChI is InChI=1S/C13H21N3O3S/c1-3-20(18,19)16-10-9-15-12(17)13(2,14)11-7-5-4-6-8-11/h4-8,16H,3,9-10,14H2,1-2H3,(H,15,17). The Hall–Kier alpha value is -1.44. The topological polar surface area (TPSA) is 101 Å². The Kier molecular flexibility index (Phi) is 5.67. The molecule has 20 heavy (non-hydrogen) atoms. The zero-order valence-electron chi connectivity index (χ0n) is 11.7. The summed E-state index contributed by atoms with van der Waals surface area (Å²) >= 11 is 0. The highest BCUT2D eigenvalue weighted by molar-refractivity contribution is 7.89. The summed E-state index contributed by atoms with van der Waals surface area (Å²) in [6.45, 7) is 3.51. The van der Waals surface area contributed by atoms with Crippen molar-refractivity contribution in [2.24, 2.45) is 5.73 Å². The van der Waals surface area contributed by atoms with Gasteiger partial charge in [-0.3, -0.25) is 4.79 Å². The first-order valence-corrected chi connectivity index (χ1v) is 8.05. The molecule has 0 aliphatic rings. The number of amides is 1. The van der Waals surface area contributed by atoms with E-state index in [0.717, 1.165) is 0 Å². The molecule has 0 radical (unpaired) electrons. The highest BCUT2D eigenvalue weighted by Gasteiger charge is 2.29. The minimum atomic E-state index is -3.24. The molecule has 0 spiro atoms. The predicted molar refractivity (Wildman–Crippen MR) is 78.5 cm³/mol. The van der Waals surface area contributed by atoms with Crippen LogP contribution in [0.5, 0.6) is 0 Å². The molecule has 1 aromatic rings. The second kappa shape index (κ2) is 6.83. The monoisotopic (exact) mass is 299 g/mol. The number of sulfonamides is 1. The van der Waals surface area contributed by atoms with Crippen LogP contribution in [0.15, 0.2) is 30.3 Å². The summed E-state index contributed by atoms with van der Waals surface area (Å²) in [5, 5.41) is 2.63. The van der Waals surface area contributed by atoms with Crippen molar-refractivity contribution in [3.8, 4) is 0 Å². The smallest absolute Gasteiger partial charge is 0.244 e. The molecule has 1 unspecified atom stereocenters. The van der Waals surface area contributed by atoms with Crippen LogP contribution < -0.4 is 15.8 Å². The van der Waals surface area contributed by atoms with Gasteiger partial charge in [0, 0.05) is 13.1 Å². The van der Waals surface area contributed by atoms with Crippen molar-refractivity contribution < 1.29 is 13.2 Å². The maximum Gasteiger partial charge on any atom is 0.244 e. The van der Waals surface area contributed by atoms with Gasteiger partial charge >= 0.3 is 0 Å². The third-order valence-corrected chi connectivity index (χ3v) is 4.36. The summed E-state index contributed by atoms with van der Waals surface area (Å²) in [5.74, 6) is -0.334. The van der Waals surface area contributed by atoms with Gasteiger partial charge in [-0.15, -0.1) is 0 Å². The van der Waals surface area contributed by atoms with E-state index in [0.29, 0.717) is 5.56 Å². The first kappa shape index (κ1) is 16.6. The van der Waals surface area contributed by atoms with Crippen LogP contribution in [0.2, 0.25) is 0 Å². The molecule has 6 nitrogen and oxygen atoms in total. The molecule has 7 heteroatoms. The van der Waals surface area contributed by atoms with Crippen LogP contribution in [0.4, 0.5) is 0 Å². The Bertz CT molecular complexity index is 541. The molecule has 0 heterocycles. The first-order chi connectivity index (χ1) is 9.29. The van der Waals surface area contributed by atoms with Crippen LogP contribution >= 0.6 is 0 Å². The lowest BCUT2D eigenvalue weighted by molar-refractivity contribution is -0.126. The molecule has 1 amide bonds. The molecule has 1 atom stereocenters. The highest BCUT2D eigenvalue weighted by Crippen LogP contribution is 2.16. The quantitative estimate of drug-likeness (QED) is 0.613. The molecular formula is C13H21N3O3S. The van der Waals surface area contributed by atoms with Gasteiger partial charge in [-0.1, -0.05) is 30.3 Å². The predicted octanol–water partition coefficient (Wildman–Crippen LogP) is -0.0840. The largest absolute Gasteiger partial charge is 0.353 e. The van der Waals surface area contributed by atoms with Gasteiger partial charge in [0.2, 0.25) is 15.9 Å². The zero-order valence-corrected chi connectivity index (χ0v) is 12.5. The van der Waals surface area contributed by atoms with Gasteiger partial charge in [0.25, 0.3) is 0 Å². The van der Waals surface area contributed by atoms with E-state index in [2.05, 4.69) is 10.0 Å². The Morgan fingerprint density at radius 3 is 2.40 bits per heavy atom. The number of hydrogen-bond donors (Lipinski definition) is 3. The summed E-state index contributed by atoms with van der Waals surface area (Å²) in [6.07, 6.45) is 0. The minimum Gasteiger partial charge on any atom is -0.353 e. The second-order valence-electron chi connectivity index (χ2n) is 4.62. The molecule has 0 bridgehead atoms. The molecule has 1 aromatic carbocycles. The van der Waals surface area contributed by atoms with Gasteiger partial charge < -0.3 is 11.1 Å². The number of nitrogens with two attached hydrogens (primary N) is 1. The number of carbonyl (C=O) groups excluding carboxylic acids is 1. The van der Waals surface area contributed by atoms with Gasteiger partial charge in [0.15, 0.2) is 0 Å². The SMILES string of the molecule is CCS(=O)(=O)NCCNC(=O)C(C)(N)c1ccccc1. The van der Waals surface area contributed by atoms with E-state index in [1.54, 1.807) is 26.0 Å². The lowest BCUT2D eigenvalue weighted by Crippen LogP contribution is -2.50. The third kappa shape index (κ3) is 4.59. The minimum absolute atomic E-state index is 0.0135. The summed E-state index contributed by atoms with van der Waals surface area (Å²) < 4.78 is 24.8. The highest BCUT2D eigenvalue weighted by atomic mass is 32.2. The van der Waals surface area contributed by atoms with E-state index in [4.69, 9.17) is 5.73 Å². The second-order valence-corrected chi connectivity index (χ2v) is 6.72. The lowest BCUT2D eigenvalue weighted by atomic mass is 9.92. The van der Waals surface area contributed by atoms with Crippen molar-refractivity contribution in [3.63, 3.8) is 0 Å². The van der Waals surface area contributed by atoms with E-state index < -0.39 is 15.6 Å². The summed E-state index contributed by atoms with van der Waals surface area (Å²) in [4.78, 5) is 12.0. The Morgan fingerprint density at radius 1 is 1.25 bits per heavy atom. The Balaban J connectivity index is 2.51. The Labute approximate surface area is 119 Å². The molecule has 0 aliphatic heterocycles.